The van der Waals surface area contributed by atoms with Gasteiger partial charge in [0, 0.05) is 10.4 Å². The van der Waals surface area contributed by atoms with Crippen LogP contribution in [0.2, 0.25) is 0 Å². The molecule has 4 nitrogen and oxygen atoms in total. The second kappa shape index (κ2) is 8.80. The third kappa shape index (κ3) is 4.46. The average molecular weight is 412 g/mol. The van der Waals surface area contributed by atoms with Crippen molar-refractivity contribution in [3.63, 3.8) is 0 Å². The molecule has 29 heavy (non-hydrogen) atoms. The number of ketones is 1. The third-order valence-corrected chi connectivity index (χ3v) is 7.64. The van der Waals surface area contributed by atoms with Gasteiger partial charge in [-0.05, 0) is 64.4 Å². The van der Waals surface area contributed by atoms with E-state index in [0.717, 1.165) is 48.4 Å². The molecule has 1 aromatic heterocycles. The highest BCUT2D eigenvalue weighted by Gasteiger charge is 2.29. The molecule has 2 aromatic rings. The zero-order valence-electron chi connectivity index (χ0n) is 17.5. The Bertz CT molecular complexity index is 900. The first-order valence-electron chi connectivity index (χ1n) is 10.9. The topological polar surface area (TPSA) is 50.6 Å². The first-order valence-corrected chi connectivity index (χ1v) is 11.7. The summed E-state index contributed by atoms with van der Waals surface area (Å²) >= 11 is 1.62. The van der Waals surface area contributed by atoms with Gasteiger partial charge in [-0.1, -0.05) is 29.8 Å². The zero-order chi connectivity index (χ0) is 20.4. The Hall–Kier alpha value is -1.98. The normalized spacial score (nSPS) is 21.4. The van der Waals surface area contributed by atoms with Gasteiger partial charge in [-0.25, -0.2) is 0 Å². The number of piperidine rings is 1. The smallest absolute Gasteiger partial charge is 0.280 e. The van der Waals surface area contributed by atoms with Crippen molar-refractivity contribution in [3.05, 3.63) is 51.4 Å². The molecule has 0 bridgehead atoms. The van der Waals surface area contributed by atoms with Gasteiger partial charge in [0.25, 0.3) is 5.91 Å². The summed E-state index contributed by atoms with van der Waals surface area (Å²) in [7, 11) is 0. The van der Waals surface area contributed by atoms with Crippen LogP contribution in [0.5, 0.6) is 0 Å². The van der Waals surface area contributed by atoms with Crippen LogP contribution in [0.3, 0.4) is 0 Å². The minimum atomic E-state index is 0.0327. The molecule has 1 aliphatic carbocycles. The van der Waals surface area contributed by atoms with Gasteiger partial charge in [-0.3, -0.25) is 9.59 Å². The van der Waals surface area contributed by atoms with Gasteiger partial charge in [0.15, 0.2) is 12.3 Å². The molecule has 1 saturated heterocycles. The van der Waals surface area contributed by atoms with E-state index in [1.165, 1.54) is 34.6 Å². The van der Waals surface area contributed by atoms with E-state index >= 15 is 0 Å². The van der Waals surface area contributed by atoms with Crippen LogP contribution in [0.15, 0.2) is 24.3 Å². The molecule has 4 rings (SSSR count). The van der Waals surface area contributed by atoms with Gasteiger partial charge in [0.1, 0.15) is 5.00 Å². The average Bonchev–Trinajstić information content (AvgIpc) is 3.07. The summed E-state index contributed by atoms with van der Waals surface area (Å²) in [5, 5.41) is 3.90. The highest BCUT2D eigenvalue weighted by atomic mass is 32.1. The molecule has 154 valence electrons. The maximum atomic E-state index is 13.4. The molecule has 2 atom stereocenters. The molecule has 0 spiro atoms. The summed E-state index contributed by atoms with van der Waals surface area (Å²) in [6, 6.07) is 8.28. The number of fused-ring (bicyclic) bond motifs is 1. The molecule has 2 N–H and O–H groups in total. The van der Waals surface area contributed by atoms with E-state index in [1.54, 1.807) is 11.3 Å². The lowest BCUT2D eigenvalue weighted by Gasteiger charge is -2.29. The third-order valence-electron chi connectivity index (χ3n) is 6.43. The van der Waals surface area contributed by atoms with Gasteiger partial charge in [-0.2, -0.15) is 0 Å². The molecule has 1 aliphatic heterocycles. The summed E-state index contributed by atoms with van der Waals surface area (Å²) in [4.78, 5) is 28.9. The van der Waals surface area contributed by atoms with Crippen LogP contribution in [0.1, 0.15) is 71.0 Å². The summed E-state index contributed by atoms with van der Waals surface area (Å²) in [5.74, 6) is 0.0729. The number of likely N-dealkylation sites (tertiary alicyclic amines) is 1. The van der Waals surface area contributed by atoms with Crippen molar-refractivity contribution >= 4 is 28.0 Å². The minimum Gasteiger partial charge on any atom is -0.325 e. The summed E-state index contributed by atoms with van der Waals surface area (Å²) in [6.07, 6.45) is 7.86. The minimum absolute atomic E-state index is 0.0327. The summed E-state index contributed by atoms with van der Waals surface area (Å²) < 4.78 is 0. The van der Waals surface area contributed by atoms with Crippen molar-refractivity contribution in [1.82, 2.24) is 0 Å². The molecular weight excluding hydrogens is 380 g/mol. The maximum absolute atomic E-state index is 13.4. The van der Waals surface area contributed by atoms with E-state index in [1.807, 2.05) is 31.2 Å². The number of carbonyl (C=O) groups excluding carboxylic acids is 2. The quantitative estimate of drug-likeness (QED) is 0.739. The number of aryl methyl sites for hydroxylation is 2. The Morgan fingerprint density at radius 2 is 1.86 bits per heavy atom. The van der Waals surface area contributed by atoms with Crippen molar-refractivity contribution in [1.29, 1.82) is 0 Å². The Morgan fingerprint density at radius 1 is 1.10 bits per heavy atom. The standard InChI is InChI=1S/C24H30N2O2S/c1-16-10-12-18(13-11-16)23(28)22-19-8-3-4-9-20(19)29-24(22)25-21(27)15-26-14-6-5-7-17(26)2/h10-13,17H,3-9,14-15H2,1-2H3,(H,25,27)/p+1/t17-/m0/s1. The van der Waals surface area contributed by atoms with Crippen molar-refractivity contribution in [2.75, 3.05) is 18.4 Å². The summed E-state index contributed by atoms with van der Waals surface area (Å²) in [5.41, 5.74) is 3.75. The molecule has 2 heterocycles. The molecular formula is C24H31N2O2S+. The Morgan fingerprint density at radius 3 is 2.62 bits per heavy atom. The van der Waals surface area contributed by atoms with Gasteiger partial charge in [0.2, 0.25) is 0 Å². The summed E-state index contributed by atoms with van der Waals surface area (Å²) in [6.45, 7) is 5.81. The Balaban J connectivity index is 1.59. The van der Waals surface area contributed by atoms with Crippen LogP contribution in [0, 0.1) is 6.92 Å². The van der Waals surface area contributed by atoms with Crippen LogP contribution in [-0.4, -0.2) is 30.8 Å². The largest absolute Gasteiger partial charge is 0.325 e. The van der Waals surface area contributed by atoms with Crippen molar-refractivity contribution in [2.24, 2.45) is 0 Å². The van der Waals surface area contributed by atoms with E-state index in [-0.39, 0.29) is 11.7 Å². The first-order chi connectivity index (χ1) is 14.0. The number of nitrogens with one attached hydrogen (secondary N) is 2. The molecule has 2 aliphatic rings. The number of hydrogen-bond acceptors (Lipinski definition) is 3. The van der Waals surface area contributed by atoms with E-state index < -0.39 is 0 Å². The molecule has 0 saturated carbocycles. The lowest BCUT2D eigenvalue weighted by atomic mass is 9.91. The van der Waals surface area contributed by atoms with Gasteiger partial charge in [0.05, 0.1) is 18.2 Å². The number of hydrogen-bond donors (Lipinski definition) is 2. The van der Waals surface area contributed by atoms with E-state index in [2.05, 4.69) is 12.2 Å². The second-order valence-corrected chi connectivity index (χ2v) is 9.75. The fraction of sp³-hybridized carbons (Fsp3) is 0.500. The maximum Gasteiger partial charge on any atom is 0.280 e. The van der Waals surface area contributed by atoms with E-state index in [9.17, 15) is 9.59 Å². The van der Waals surface area contributed by atoms with E-state index in [4.69, 9.17) is 0 Å². The van der Waals surface area contributed by atoms with Crippen LogP contribution < -0.4 is 10.2 Å². The molecule has 1 aromatic carbocycles. The highest BCUT2D eigenvalue weighted by molar-refractivity contribution is 7.17. The number of benzene rings is 1. The molecule has 1 unspecified atom stereocenters. The fourth-order valence-electron chi connectivity index (χ4n) is 4.64. The van der Waals surface area contributed by atoms with Gasteiger partial charge >= 0.3 is 0 Å². The Kier molecular flexibility index (Phi) is 6.16. The van der Waals surface area contributed by atoms with Crippen molar-refractivity contribution < 1.29 is 14.5 Å². The van der Waals surface area contributed by atoms with Crippen molar-refractivity contribution in [2.45, 2.75) is 64.8 Å². The van der Waals surface area contributed by atoms with Gasteiger partial charge < -0.3 is 10.2 Å². The lowest BCUT2D eigenvalue weighted by molar-refractivity contribution is -0.920. The second-order valence-electron chi connectivity index (χ2n) is 8.64. The van der Waals surface area contributed by atoms with E-state index in [0.29, 0.717) is 18.2 Å². The predicted octanol–water partition coefficient (Wildman–Crippen LogP) is 3.56. The van der Waals surface area contributed by atoms with Gasteiger partial charge in [-0.15, -0.1) is 11.3 Å². The monoisotopic (exact) mass is 411 g/mol. The molecule has 1 fully saturated rings. The molecule has 1 amide bonds. The van der Waals surface area contributed by atoms with Crippen LogP contribution in [-0.2, 0) is 17.6 Å². The number of carbonyl (C=O) groups is 2. The van der Waals surface area contributed by atoms with Crippen molar-refractivity contribution in [3.8, 4) is 0 Å². The number of rotatable bonds is 5. The Labute approximate surface area is 177 Å². The first kappa shape index (κ1) is 20.3. The number of anilines is 1. The SMILES string of the molecule is Cc1ccc(C(=O)c2c(NC(=O)C[NH+]3CCCC[C@@H]3C)sc3c2CCCC3)cc1. The number of amides is 1. The fourth-order valence-corrected chi connectivity index (χ4v) is 5.94. The van der Waals surface area contributed by atoms with Crippen LogP contribution in [0.25, 0.3) is 0 Å². The predicted molar refractivity (Wildman–Crippen MR) is 118 cm³/mol. The number of thiophene rings is 1. The van der Waals surface area contributed by atoms with Crippen LogP contribution in [0.4, 0.5) is 5.00 Å². The zero-order valence-corrected chi connectivity index (χ0v) is 18.3. The molecule has 5 heteroatoms. The van der Waals surface area contributed by atoms with Crippen LogP contribution >= 0.6 is 11.3 Å². The highest BCUT2D eigenvalue weighted by Crippen LogP contribution is 2.39. The lowest BCUT2D eigenvalue weighted by Crippen LogP contribution is -3.17. The number of quaternary nitrogens is 1. The molecule has 0 radical (unpaired) electrons.